The number of fused-ring (bicyclic) bond motifs is 5. The third kappa shape index (κ3) is 5.81. The molecule has 0 saturated heterocycles. The van der Waals surface area contributed by atoms with Crippen LogP contribution in [0.5, 0.6) is 0 Å². The molecule has 4 heteroatoms. The van der Waals surface area contributed by atoms with E-state index in [0.717, 1.165) is 80.3 Å². The maximum atomic E-state index is 6.59. The van der Waals surface area contributed by atoms with E-state index in [1.807, 2.05) is 61.5 Å². The number of rotatable bonds is 7. The largest absolute Gasteiger partial charge is 0.452 e. The fourth-order valence-corrected chi connectivity index (χ4v) is 7.08. The number of benzene rings is 5. The second-order valence-electron chi connectivity index (χ2n) is 12.8. The van der Waals surface area contributed by atoms with Crippen LogP contribution in [0.3, 0.4) is 0 Å². The summed E-state index contributed by atoms with van der Waals surface area (Å²) < 4.78 is 13.1. The lowest BCUT2D eigenvalue weighted by Crippen LogP contribution is -2.00. The number of aryl methyl sites for hydroxylation is 1. The molecule has 5 aromatic carbocycles. The van der Waals surface area contributed by atoms with Crippen LogP contribution < -0.4 is 0 Å². The van der Waals surface area contributed by atoms with Gasteiger partial charge in [0, 0.05) is 38.8 Å². The summed E-state index contributed by atoms with van der Waals surface area (Å²) >= 11 is 0. The number of nitrogens with zero attached hydrogens (tertiary/aromatic N) is 2. The zero-order valence-electron chi connectivity index (χ0n) is 28.2. The summed E-state index contributed by atoms with van der Waals surface area (Å²) in [5.41, 5.74) is 12.7. The van der Waals surface area contributed by atoms with E-state index < -0.39 is 0 Å². The van der Waals surface area contributed by atoms with Crippen LogP contribution in [0, 0.1) is 0 Å². The summed E-state index contributed by atoms with van der Waals surface area (Å²) in [4.78, 5) is 10.00. The Morgan fingerprint density at radius 1 is 0.510 bits per heavy atom. The first kappa shape index (κ1) is 30.5. The van der Waals surface area contributed by atoms with Gasteiger partial charge < -0.3 is 8.83 Å². The van der Waals surface area contributed by atoms with Gasteiger partial charge in [-0.25, -0.2) is 9.97 Å². The minimum absolute atomic E-state index is 0.704. The molecule has 0 unspecified atom stereocenters. The summed E-state index contributed by atoms with van der Waals surface area (Å²) in [5, 5.41) is 1.16. The van der Waals surface area contributed by atoms with E-state index in [-0.39, 0.29) is 0 Å². The molecule has 0 radical (unpaired) electrons. The molecule has 244 valence electrons. The normalized spacial score (nSPS) is 12.5. The highest BCUT2D eigenvalue weighted by Gasteiger charge is 2.29. The van der Waals surface area contributed by atoms with Crippen molar-refractivity contribution in [2.45, 2.75) is 19.8 Å². The van der Waals surface area contributed by atoms with Crippen molar-refractivity contribution >= 4 is 29.2 Å². The van der Waals surface area contributed by atoms with E-state index in [1.165, 1.54) is 22.3 Å². The predicted octanol–water partition coefficient (Wildman–Crippen LogP) is 12.5. The van der Waals surface area contributed by atoms with Crippen LogP contribution in [-0.2, 0) is 12.8 Å². The van der Waals surface area contributed by atoms with Gasteiger partial charge in [-0.05, 0) is 66.8 Å². The van der Waals surface area contributed by atoms with Crippen molar-refractivity contribution in [3.63, 3.8) is 0 Å². The average Bonchev–Trinajstić information content (AvgIpc) is 3.75. The van der Waals surface area contributed by atoms with Gasteiger partial charge in [0.15, 0.2) is 17.3 Å². The summed E-state index contributed by atoms with van der Waals surface area (Å²) in [5.74, 6) is 3.22. The molecule has 0 spiro atoms. The molecule has 0 fully saturated rings. The fraction of sp³-hybridized carbons (Fsp3) is 0.0638. The van der Waals surface area contributed by atoms with Gasteiger partial charge in [0.1, 0.15) is 11.3 Å². The first-order valence-electron chi connectivity index (χ1n) is 17.4. The first-order valence-corrected chi connectivity index (χ1v) is 17.4. The smallest absolute Gasteiger partial charge is 0.174 e. The Kier molecular flexibility index (Phi) is 7.82. The number of furan rings is 2. The minimum atomic E-state index is 0.704. The molecule has 1 aliphatic rings. The van der Waals surface area contributed by atoms with Gasteiger partial charge in [0.2, 0.25) is 0 Å². The van der Waals surface area contributed by atoms with Crippen LogP contribution in [0.4, 0.5) is 0 Å². The molecule has 3 aromatic heterocycles. The molecule has 0 aliphatic heterocycles. The van der Waals surface area contributed by atoms with Gasteiger partial charge in [-0.1, -0.05) is 133 Å². The van der Waals surface area contributed by atoms with Crippen molar-refractivity contribution in [2.75, 3.05) is 0 Å². The minimum Gasteiger partial charge on any atom is -0.452 e. The van der Waals surface area contributed by atoms with Crippen LogP contribution in [0.15, 0.2) is 154 Å². The third-order valence-electron chi connectivity index (χ3n) is 9.58. The zero-order valence-corrected chi connectivity index (χ0v) is 28.2. The summed E-state index contributed by atoms with van der Waals surface area (Å²) in [6.45, 7) is 2.02. The van der Waals surface area contributed by atoms with Crippen LogP contribution in [0.2, 0.25) is 0 Å². The molecular formula is C47H34N2O2. The number of hydrogen-bond acceptors (Lipinski definition) is 4. The Morgan fingerprint density at radius 3 is 1.90 bits per heavy atom. The van der Waals surface area contributed by atoms with Gasteiger partial charge in [0.05, 0.1) is 11.4 Å². The van der Waals surface area contributed by atoms with Crippen LogP contribution in [0.25, 0.3) is 85.7 Å². The molecule has 4 nitrogen and oxygen atoms in total. The lowest BCUT2D eigenvalue weighted by atomic mass is 9.90. The van der Waals surface area contributed by atoms with Crippen LogP contribution >= 0.6 is 0 Å². The molecule has 9 rings (SSSR count). The van der Waals surface area contributed by atoms with Crippen molar-refractivity contribution in [3.05, 3.63) is 174 Å². The Hall–Kier alpha value is -6.52. The highest BCUT2D eigenvalue weighted by Crippen LogP contribution is 2.45. The van der Waals surface area contributed by atoms with Gasteiger partial charge in [-0.2, -0.15) is 0 Å². The average molecular weight is 659 g/mol. The van der Waals surface area contributed by atoms with Gasteiger partial charge in [-0.3, -0.25) is 0 Å². The maximum Gasteiger partial charge on any atom is 0.174 e. The molecule has 0 atom stereocenters. The van der Waals surface area contributed by atoms with Crippen LogP contribution in [0.1, 0.15) is 34.9 Å². The second kappa shape index (κ2) is 13.1. The standard InChI is InChI=1S/C47H34N2O2/c1-2-13-43-37(38-25-26-39-40-29-35(32-15-6-3-7-16-32)23-27-44(40)51-46(39)45(38)50-43)24-22-31-14-12-21-36(28-31)42-30-41(33-17-8-4-9-18-33)48-47(49-42)34-19-10-5-11-20-34/h2-24,27-30H,25-26H2,1H3/b13-2-,24-22+. The van der Waals surface area contributed by atoms with Gasteiger partial charge in [-0.15, -0.1) is 0 Å². The molecule has 8 aromatic rings. The SMILES string of the molecule is C/C=C\c1oc2c(c1/C=C/c1cccc(-c3cc(-c4ccccc4)nc(-c4ccccc4)n3)c1)CCc1c-2oc2ccc(-c3ccccc3)cc12. The summed E-state index contributed by atoms with van der Waals surface area (Å²) in [6, 6.07) is 48.0. The number of hydrogen-bond donors (Lipinski definition) is 0. The molecule has 0 amide bonds. The molecule has 3 heterocycles. The quantitative estimate of drug-likeness (QED) is 0.171. The van der Waals surface area contributed by atoms with E-state index in [4.69, 9.17) is 18.8 Å². The molecule has 0 bridgehead atoms. The van der Waals surface area contributed by atoms with E-state index in [1.54, 1.807) is 0 Å². The maximum absolute atomic E-state index is 6.59. The predicted molar refractivity (Wildman–Crippen MR) is 209 cm³/mol. The second-order valence-corrected chi connectivity index (χ2v) is 12.8. The van der Waals surface area contributed by atoms with E-state index in [0.29, 0.717) is 5.82 Å². The molecule has 0 N–H and O–H groups in total. The molecule has 0 saturated carbocycles. The Balaban J connectivity index is 1.08. The highest BCUT2D eigenvalue weighted by atomic mass is 16.4. The summed E-state index contributed by atoms with van der Waals surface area (Å²) in [6.07, 6.45) is 10.2. The molecule has 51 heavy (non-hydrogen) atoms. The van der Waals surface area contributed by atoms with Crippen molar-refractivity contribution in [1.82, 2.24) is 9.97 Å². The zero-order chi connectivity index (χ0) is 34.1. The van der Waals surface area contributed by atoms with E-state index in [9.17, 15) is 0 Å². The molecular weight excluding hydrogens is 625 g/mol. The summed E-state index contributed by atoms with van der Waals surface area (Å²) in [7, 11) is 0. The fourth-order valence-electron chi connectivity index (χ4n) is 7.08. The van der Waals surface area contributed by atoms with Crippen molar-refractivity contribution < 1.29 is 8.83 Å². The number of aromatic nitrogens is 2. The molecule has 1 aliphatic carbocycles. The third-order valence-corrected chi connectivity index (χ3v) is 9.58. The van der Waals surface area contributed by atoms with Crippen molar-refractivity contribution in [3.8, 4) is 56.6 Å². The topological polar surface area (TPSA) is 52.1 Å². The Bertz CT molecular complexity index is 2520. The lowest BCUT2D eigenvalue weighted by Gasteiger charge is -2.11. The Labute approximate surface area is 297 Å². The van der Waals surface area contributed by atoms with Crippen LogP contribution in [-0.4, -0.2) is 9.97 Å². The Morgan fingerprint density at radius 2 is 1.16 bits per heavy atom. The van der Waals surface area contributed by atoms with Gasteiger partial charge >= 0.3 is 0 Å². The van der Waals surface area contributed by atoms with Gasteiger partial charge in [0.25, 0.3) is 0 Å². The lowest BCUT2D eigenvalue weighted by molar-refractivity contribution is 0.526. The first-order chi connectivity index (χ1) is 25.2. The highest BCUT2D eigenvalue weighted by molar-refractivity contribution is 5.93. The van der Waals surface area contributed by atoms with Crippen molar-refractivity contribution in [2.24, 2.45) is 0 Å². The van der Waals surface area contributed by atoms with E-state index >= 15 is 0 Å². The van der Waals surface area contributed by atoms with E-state index in [2.05, 4.69) is 109 Å². The number of allylic oxidation sites excluding steroid dienone is 1. The van der Waals surface area contributed by atoms with Crippen molar-refractivity contribution in [1.29, 1.82) is 0 Å². The monoisotopic (exact) mass is 658 g/mol.